The van der Waals surface area contributed by atoms with Crippen molar-refractivity contribution in [3.8, 4) is 0 Å². The number of fused-ring (bicyclic) bond motifs is 1. The molecule has 3 aromatic rings. The lowest BCUT2D eigenvalue weighted by molar-refractivity contribution is 0.784. The number of para-hydroxylation sites is 2. The third kappa shape index (κ3) is 2.99. The van der Waals surface area contributed by atoms with Crippen molar-refractivity contribution in [3.05, 3.63) is 52.0 Å². The van der Waals surface area contributed by atoms with Gasteiger partial charge in [0, 0.05) is 9.75 Å². The molecule has 3 nitrogen and oxygen atoms in total. The average molecular weight is 315 g/mol. The van der Waals surface area contributed by atoms with Gasteiger partial charge in [0.15, 0.2) is 0 Å². The number of hydrogen-bond acceptors (Lipinski definition) is 3. The molecule has 0 aliphatic carbocycles. The fourth-order valence-electron chi connectivity index (χ4n) is 2.45. The van der Waals surface area contributed by atoms with Gasteiger partial charge in [-0.3, -0.25) is 0 Å². The summed E-state index contributed by atoms with van der Waals surface area (Å²) < 4.78 is 2.22. The number of thiocarbonyl (C=S) groups is 1. The normalized spacial score (nSPS) is 11.1. The molecule has 0 saturated carbocycles. The molecule has 0 spiro atoms. The maximum absolute atomic E-state index is 5.71. The smallest absolute Gasteiger partial charge is 0.117 e. The van der Waals surface area contributed by atoms with E-state index < -0.39 is 0 Å². The Morgan fingerprint density at radius 3 is 2.71 bits per heavy atom. The summed E-state index contributed by atoms with van der Waals surface area (Å²) in [5, 5.41) is 0. The van der Waals surface area contributed by atoms with E-state index in [1.165, 1.54) is 9.75 Å². The fourth-order valence-corrected chi connectivity index (χ4v) is 3.52. The van der Waals surface area contributed by atoms with Crippen molar-refractivity contribution < 1.29 is 0 Å². The second kappa shape index (κ2) is 5.95. The van der Waals surface area contributed by atoms with Crippen LogP contribution in [-0.4, -0.2) is 14.5 Å². The third-order valence-corrected chi connectivity index (χ3v) is 4.80. The van der Waals surface area contributed by atoms with Gasteiger partial charge in [0.1, 0.15) is 5.82 Å². The Morgan fingerprint density at radius 2 is 2.00 bits per heavy atom. The van der Waals surface area contributed by atoms with Crippen LogP contribution in [0.5, 0.6) is 0 Å². The zero-order chi connectivity index (χ0) is 14.8. The summed E-state index contributed by atoms with van der Waals surface area (Å²) in [7, 11) is 0. The van der Waals surface area contributed by atoms with Crippen molar-refractivity contribution in [2.75, 3.05) is 0 Å². The van der Waals surface area contributed by atoms with Crippen molar-refractivity contribution in [1.29, 1.82) is 0 Å². The van der Waals surface area contributed by atoms with Crippen LogP contribution >= 0.6 is 23.6 Å². The third-order valence-electron chi connectivity index (χ3n) is 3.45. The molecule has 0 fully saturated rings. The minimum Gasteiger partial charge on any atom is -0.393 e. The minimum atomic E-state index is 0.479. The molecule has 2 N–H and O–H groups in total. The summed E-state index contributed by atoms with van der Waals surface area (Å²) in [5.41, 5.74) is 7.85. The molecule has 1 aromatic carbocycles. The maximum Gasteiger partial charge on any atom is 0.117 e. The van der Waals surface area contributed by atoms with Gasteiger partial charge in [-0.25, -0.2) is 4.98 Å². The summed E-state index contributed by atoms with van der Waals surface area (Å²) in [6, 6.07) is 12.6. The average Bonchev–Trinajstić information content (AvgIpc) is 3.04. The number of nitrogens with zero attached hydrogens (tertiary/aromatic N) is 2. The Labute approximate surface area is 133 Å². The van der Waals surface area contributed by atoms with Gasteiger partial charge >= 0.3 is 0 Å². The van der Waals surface area contributed by atoms with E-state index >= 15 is 0 Å². The molecule has 0 atom stereocenters. The van der Waals surface area contributed by atoms with E-state index in [0.717, 1.165) is 29.8 Å². The summed E-state index contributed by atoms with van der Waals surface area (Å²) in [6.07, 6.45) is 1.62. The van der Waals surface area contributed by atoms with Crippen LogP contribution in [0.4, 0.5) is 0 Å². The molecule has 2 aromatic heterocycles. The van der Waals surface area contributed by atoms with Gasteiger partial charge in [0.25, 0.3) is 0 Å². The van der Waals surface area contributed by atoms with Crippen LogP contribution in [0.1, 0.15) is 22.5 Å². The Hall–Kier alpha value is -1.72. The number of benzene rings is 1. The molecule has 0 aliphatic rings. The van der Waals surface area contributed by atoms with Crippen molar-refractivity contribution in [2.24, 2.45) is 5.73 Å². The number of imidazole rings is 1. The zero-order valence-electron chi connectivity index (χ0n) is 11.9. The second-order valence-corrected chi connectivity index (χ2v) is 6.74. The van der Waals surface area contributed by atoms with E-state index in [1.807, 2.05) is 29.5 Å². The molecule has 0 unspecified atom stereocenters. The summed E-state index contributed by atoms with van der Waals surface area (Å²) >= 11 is 6.91. The fraction of sp³-hybridized carbons (Fsp3) is 0.250. The number of hydrogen-bond donors (Lipinski definition) is 1. The molecular formula is C16H17N3S2. The van der Waals surface area contributed by atoms with E-state index in [9.17, 15) is 0 Å². The first-order valence-corrected chi connectivity index (χ1v) is 8.20. The Kier molecular flexibility index (Phi) is 4.03. The molecule has 2 heterocycles. The second-order valence-electron chi connectivity index (χ2n) is 4.97. The number of nitrogens with two attached hydrogens (primary N) is 1. The predicted molar refractivity (Wildman–Crippen MR) is 93.0 cm³/mol. The van der Waals surface area contributed by atoms with E-state index in [-0.39, 0.29) is 0 Å². The van der Waals surface area contributed by atoms with Crippen LogP contribution in [0.25, 0.3) is 11.0 Å². The summed E-state index contributed by atoms with van der Waals surface area (Å²) in [6.45, 7) is 3.00. The highest BCUT2D eigenvalue weighted by atomic mass is 32.1. The van der Waals surface area contributed by atoms with Gasteiger partial charge in [0.2, 0.25) is 0 Å². The van der Waals surface area contributed by atoms with Crippen molar-refractivity contribution >= 4 is 39.6 Å². The Bertz CT molecular complexity index is 786. The van der Waals surface area contributed by atoms with Gasteiger partial charge in [-0.15, -0.1) is 11.3 Å². The molecule has 3 rings (SSSR count). The van der Waals surface area contributed by atoms with Gasteiger partial charge in [0.05, 0.1) is 29.0 Å². The lowest BCUT2D eigenvalue weighted by Crippen LogP contribution is -2.15. The maximum atomic E-state index is 5.71. The standard InChI is InChI=1S/C16H17N3S2/c1-2-11-7-8-12(21-11)10-19-14-6-4-3-5-13(14)18-16(19)9-15(17)20/h3-8H,2,9-10H2,1H3,(H2,17,20). The van der Waals surface area contributed by atoms with Crippen molar-refractivity contribution in [1.82, 2.24) is 9.55 Å². The van der Waals surface area contributed by atoms with E-state index in [2.05, 4.69) is 34.7 Å². The Morgan fingerprint density at radius 1 is 1.24 bits per heavy atom. The van der Waals surface area contributed by atoms with Crippen molar-refractivity contribution in [2.45, 2.75) is 26.3 Å². The van der Waals surface area contributed by atoms with Crippen LogP contribution in [0.3, 0.4) is 0 Å². The molecular weight excluding hydrogens is 298 g/mol. The first-order valence-electron chi connectivity index (χ1n) is 6.97. The summed E-state index contributed by atoms with van der Waals surface area (Å²) in [4.78, 5) is 7.90. The van der Waals surface area contributed by atoms with Gasteiger partial charge < -0.3 is 10.3 Å². The number of rotatable bonds is 5. The molecule has 0 saturated heterocycles. The number of thiophene rings is 1. The first-order chi connectivity index (χ1) is 10.2. The first kappa shape index (κ1) is 14.2. The van der Waals surface area contributed by atoms with Gasteiger partial charge in [-0.05, 0) is 30.7 Å². The van der Waals surface area contributed by atoms with Crippen molar-refractivity contribution in [3.63, 3.8) is 0 Å². The molecule has 0 aliphatic heterocycles. The van der Waals surface area contributed by atoms with E-state index in [4.69, 9.17) is 18.0 Å². The van der Waals surface area contributed by atoms with Gasteiger partial charge in [-0.1, -0.05) is 31.3 Å². The molecule has 5 heteroatoms. The van der Waals surface area contributed by atoms with E-state index in [1.54, 1.807) is 0 Å². The van der Waals surface area contributed by atoms with Gasteiger partial charge in [-0.2, -0.15) is 0 Å². The van der Waals surface area contributed by atoms with Crippen LogP contribution < -0.4 is 5.73 Å². The zero-order valence-corrected chi connectivity index (χ0v) is 13.5. The molecule has 0 bridgehead atoms. The molecule has 21 heavy (non-hydrogen) atoms. The van der Waals surface area contributed by atoms with Crippen LogP contribution in [0.15, 0.2) is 36.4 Å². The minimum absolute atomic E-state index is 0.479. The lowest BCUT2D eigenvalue weighted by atomic mass is 10.3. The SMILES string of the molecule is CCc1ccc(Cn2c(CC(N)=S)nc3ccccc32)s1. The number of aromatic nitrogens is 2. The highest BCUT2D eigenvalue weighted by molar-refractivity contribution is 7.80. The van der Waals surface area contributed by atoms with Crippen LogP contribution in [0, 0.1) is 0 Å². The summed E-state index contributed by atoms with van der Waals surface area (Å²) in [5.74, 6) is 0.940. The monoisotopic (exact) mass is 315 g/mol. The molecule has 108 valence electrons. The van der Waals surface area contributed by atoms with Crippen LogP contribution in [-0.2, 0) is 19.4 Å². The lowest BCUT2D eigenvalue weighted by Gasteiger charge is -2.07. The number of aryl methyl sites for hydroxylation is 1. The van der Waals surface area contributed by atoms with E-state index in [0.29, 0.717) is 11.4 Å². The largest absolute Gasteiger partial charge is 0.393 e. The topological polar surface area (TPSA) is 43.8 Å². The molecule has 0 radical (unpaired) electrons. The molecule has 0 amide bonds. The predicted octanol–water partition coefficient (Wildman–Crippen LogP) is 3.54. The van der Waals surface area contributed by atoms with Crippen LogP contribution in [0.2, 0.25) is 0 Å². The highest BCUT2D eigenvalue weighted by Crippen LogP contribution is 2.22. The Balaban J connectivity index is 2.03. The quantitative estimate of drug-likeness (QED) is 0.732. The highest BCUT2D eigenvalue weighted by Gasteiger charge is 2.12.